The molecule has 0 saturated carbocycles. The van der Waals surface area contributed by atoms with Crippen LogP contribution in [0.1, 0.15) is 43.7 Å². The molecule has 1 nitrogen and oxygen atoms in total. The third-order valence-electron chi connectivity index (χ3n) is 4.40. The van der Waals surface area contributed by atoms with Gasteiger partial charge in [0.15, 0.2) is 5.78 Å². The van der Waals surface area contributed by atoms with Gasteiger partial charge in [0.1, 0.15) is 5.82 Å². The fourth-order valence-electron chi connectivity index (χ4n) is 2.65. The van der Waals surface area contributed by atoms with E-state index < -0.39 is 5.82 Å². The van der Waals surface area contributed by atoms with Crippen LogP contribution in [-0.4, -0.2) is 5.78 Å². The summed E-state index contributed by atoms with van der Waals surface area (Å²) in [6.45, 7) is 9.92. The maximum atomic E-state index is 14.0. The molecule has 3 heteroatoms. The van der Waals surface area contributed by atoms with Crippen LogP contribution in [0.25, 0.3) is 0 Å². The first-order valence-electron chi connectivity index (χ1n) is 6.82. The molecule has 0 aliphatic heterocycles. The Morgan fingerprint density at radius 1 is 0.905 bits per heavy atom. The van der Waals surface area contributed by atoms with Gasteiger partial charge >= 0.3 is 0 Å². The quantitative estimate of drug-likeness (QED) is 0.667. The molecule has 2 aromatic carbocycles. The van der Waals surface area contributed by atoms with Gasteiger partial charge < -0.3 is 0 Å². The summed E-state index contributed by atoms with van der Waals surface area (Å²) in [5.41, 5.74) is 5.97. The van der Waals surface area contributed by atoms with E-state index in [1.165, 1.54) is 11.6 Å². The van der Waals surface area contributed by atoms with Crippen molar-refractivity contribution in [2.75, 3.05) is 0 Å². The van der Waals surface area contributed by atoms with E-state index >= 15 is 0 Å². The summed E-state index contributed by atoms with van der Waals surface area (Å²) in [6.07, 6.45) is 0. The summed E-state index contributed by atoms with van der Waals surface area (Å²) < 4.78 is 14.7. The number of benzene rings is 2. The van der Waals surface area contributed by atoms with Gasteiger partial charge in [-0.1, -0.05) is 15.9 Å². The predicted molar refractivity (Wildman–Crippen MR) is 87.7 cm³/mol. The summed E-state index contributed by atoms with van der Waals surface area (Å²) in [7, 11) is 0. The third-order valence-corrected chi connectivity index (χ3v) is 4.89. The van der Waals surface area contributed by atoms with Crippen LogP contribution in [-0.2, 0) is 0 Å². The van der Waals surface area contributed by atoms with Crippen molar-refractivity contribution in [3.63, 3.8) is 0 Å². The van der Waals surface area contributed by atoms with Crippen molar-refractivity contribution < 1.29 is 9.18 Å². The molecule has 2 rings (SSSR count). The Hall–Kier alpha value is -1.48. The molecule has 110 valence electrons. The number of hydrogen-bond donors (Lipinski definition) is 0. The molecular formula is C18H18BrFO. The summed E-state index contributed by atoms with van der Waals surface area (Å²) in [5.74, 6) is -0.743. The number of carbonyl (C=O) groups is 1. The van der Waals surface area contributed by atoms with Gasteiger partial charge in [0, 0.05) is 10.0 Å². The monoisotopic (exact) mass is 348 g/mol. The van der Waals surface area contributed by atoms with Crippen LogP contribution in [0.5, 0.6) is 0 Å². The second-order valence-electron chi connectivity index (χ2n) is 5.45. The van der Waals surface area contributed by atoms with Crippen LogP contribution in [0.3, 0.4) is 0 Å². The molecule has 0 aromatic heterocycles. The largest absolute Gasteiger partial charge is 0.288 e. The summed E-state index contributed by atoms with van der Waals surface area (Å²) in [4.78, 5) is 12.8. The van der Waals surface area contributed by atoms with Gasteiger partial charge in [-0.2, -0.15) is 0 Å². The molecule has 0 radical (unpaired) electrons. The van der Waals surface area contributed by atoms with Crippen LogP contribution in [0.2, 0.25) is 0 Å². The molecule has 0 atom stereocenters. The van der Waals surface area contributed by atoms with Gasteiger partial charge in [0.2, 0.25) is 0 Å². The highest BCUT2D eigenvalue weighted by atomic mass is 79.9. The van der Waals surface area contributed by atoms with Gasteiger partial charge in [0.25, 0.3) is 0 Å². The Bertz CT molecular complexity index is 718. The van der Waals surface area contributed by atoms with Crippen molar-refractivity contribution in [1.29, 1.82) is 0 Å². The molecule has 0 fully saturated rings. The zero-order valence-corrected chi connectivity index (χ0v) is 14.5. The smallest absolute Gasteiger partial charge is 0.196 e. The molecule has 0 N–H and O–H groups in total. The number of carbonyl (C=O) groups excluding carboxylic acids is 1. The molecule has 0 amide bonds. The van der Waals surface area contributed by atoms with Crippen molar-refractivity contribution in [2.45, 2.75) is 34.6 Å². The first-order valence-corrected chi connectivity index (χ1v) is 7.61. The molecule has 0 heterocycles. The second-order valence-corrected chi connectivity index (χ2v) is 6.37. The minimum absolute atomic E-state index is 0.109. The Kier molecular flexibility index (Phi) is 4.33. The van der Waals surface area contributed by atoms with E-state index in [1.54, 1.807) is 12.1 Å². The van der Waals surface area contributed by atoms with Crippen molar-refractivity contribution in [3.05, 3.63) is 67.4 Å². The van der Waals surface area contributed by atoms with E-state index in [1.807, 2.05) is 27.7 Å². The fraction of sp³-hybridized carbons (Fsp3) is 0.278. The number of halogens is 2. The van der Waals surface area contributed by atoms with Gasteiger partial charge in [-0.15, -0.1) is 0 Å². The van der Waals surface area contributed by atoms with Crippen LogP contribution >= 0.6 is 15.9 Å². The van der Waals surface area contributed by atoms with E-state index in [9.17, 15) is 9.18 Å². The van der Waals surface area contributed by atoms with E-state index in [-0.39, 0.29) is 11.3 Å². The Labute approximate surface area is 133 Å². The average molecular weight is 349 g/mol. The lowest BCUT2D eigenvalue weighted by Gasteiger charge is -2.18. The maximum absolute atomic E-state index is 14.0. The van der Waals surface area contributed by atoms with Crippen molar-refractivity contribution in [3.8, 4) is 0 Å². The number of rotatable bonds is 2. The van der Waals surface area contributed by atoms with Crippen molar-refractivity contribution in [2.24, 2.45) is 0 Å². The summed E-state index contributed by atoms with van der Waals surface area (Å²) >= 11 is 3.30. The van der Waals surface area contributed by atoms with Crippen LogP contribution in [0.15, 0.2) is 22.7 Å². The minimum atomic E-state index is -0.488. The Morgan fingerprint density at radius 3 is 1.90 bits per heavy atom. The number of hydrogen-bond acceptors (Lipinski definition) is 1. The van der Waals surface area contributed by atoms with E-state index in [2.05, 4.69) is 22.9 Å². The molecule has 2 aromatic rings. The molecule has 0 spiro atoms. The van der Waals surface area contributed by atoms with Crippen molar-refractivity contribution in [1.82, 2.24) is 0 Å². The highest BCUT2D eigenvalue weighted by molar-refractivity contribution is 9.10. The van der Waals surface area contributed by atoms with E-state index in [4.69, 9.17) is 0 Å². The topological polar surface area (TPSA) is 17.1 Å². The number of ketones is 1. The Morgan fingerprint density at radius 2 is 1.38 bits per heavy atom. The minimum Gasteiger partial charge on any atom is -0.288 e. The highest BCUT2D eigenvalue weighted by Gasteiger charge is 2.21. The summed E-state index contributed by atoms with van der Waals surface area (Å²) in [6, 6.07) is 4.45. The van der Waals surface area contributed by atoms with Crippen LogP contribution < -0.4 is 0 Å². The fourth-order valence-corrected chi connectivity index (χ4v) is 3.01. The zero-order chi connectivity index (χ0) is 15.9. The Balaban J connectivity index is 2.73. The van der Waals surface area contributed by atoms with Gasteiger partial charge in [-0.05, 0) is 80.6 Å². The SMILES string of the molecule is Cc1c(C)c(C)c(C(=O)c2cc(Br)ccc2F)c(C)c1C. The van der Waals surface area contributed by atoms with Crippen LogP contribution in [0, 0.1) is 40.4 Å². The molecule has 0 unspecified atom stereocenters. The van der Waals surface area contributed by atoms with Crippen molar-refractivity contribution >= 4 is 21.7 Å². The normalized spacial score (nSPS) is 10.8. The standard InChI is InChI=1S/C18H18BrFO/c1-9-10(2)12(4)17(13(5)11(9)3)18(21)15-8-14(19)6-7-16(15)20/h6-8H,1-5H3. The van der Waals surface area contributed by atoms with Gasteiger partial charge in [-0.25, -0.2) is 4.39 Å². The van der Waals surface area contributed by atoms with E-state index in [0.29, 0.717) is 10.0 Å². The molecule has 0 aliphatic rings. The van der Waals surface area contributed by atoms with Crippen LogP contribution in [0.4, 0.5) is 4.39 Å². The maximum Gasteiger partial charge on any atom is 0.196 e. The lowest BCUT2D eigenvalue weighted by molar-refractivity contribution is 0.103. The van der Waals surface area contributed by atoms with E-state index in [0.717, 1.165) is 22.3 Å². The molecule has 21 heavy (non-hydrogen) atoms. The lowest BCUT2D eigenvalue weighted by Crippen LogP contribution is -2.12. The van der Waals surface area contributed by atoms with Gasteiger partial charge in [0.05, 0.1) is 5.56 Å². The van der Waals surface area contributed by atoms with Gasteiger partial charge in [-0.3, -0.25) is 4.79 Å². The molecule has 0 saturated heterocycles. The molecule has 0 aliphatic carbocycles. The third kappa shape index (κ3) is 2.67. The molecule has 0 bridgehead atoms. The highest BCUT2D eigenvalue weighted by Crippen LogP contribution is 2.29. The average Bonchev–Trinajstić information content (AvgIpc) is 2.45. The zero-order valence-electron chi connectivity index (χ0n) is 12.9. The summed E-state index contributed by atoms with van der Waals surface area (Å²) in [5, 5.41) is 0. The first-order chi connectivity index (χ1) is 9.75. The predicted octanol–water partition coefficient (Wildman–Crippen LogP) is 5.36. The molecular weight excluding hydrogens is 331 g/mol. The lowest BCUT2D eigenvalue weighted by atomic mass is 9.86. The second kappa shape index (κ2) is 5.72. The first kappa shape index (κ1) is 15.9.